The Morgan fingerprint density at radius 1 is 1.40 bits per heavy atom. The summed E-state index contributed by atoms with van der Waals surface area (Å²) in [5, 5.41) is 8.96. The number of allylic oxidation sites excluding steroid dienone is 5. The van der Waals surface area contributed by atoms with Crippen LogP contribution in [0.1, 0.15) is 20.3 Å². The van der Waals surface area contributed by atoms with Crippen molar-refractivity contribution < 1.29 is 5.11 Å². The minimum absolute atomic E-state index is 0.380. The first kappa shape index (κ1) is 7.13. The lowest BCUT2D eigenvalue weighted by molar-refractivity contribution is 0.429. The SMILES string of the molecule is CC(C)=C1C=CC(O)=CC1. The fourth-order valence-electron chi connectivity index (χ4n) is 0.907. The maximum atomic E-state index is 8.96. The molecule has 1 N–H and O–H groups in total. The molecule has 0 radical (unpaired) electrons. The first-order chi connectivity index (χ1) is 4.70. The molecular weight excluding hydrogens is 124 g/mol. The van der Waals surface area contributed by atoms with E-state index in [1.54, 1.807) is 6.08 Å². The highest BCUT2D eigenvalue weighted by molar-refractivity contribution is 5.34. The zero-order chi connectivity index (χ0) is 7.56. The Morgan fingerprint density at radius 2 is 2.10 bits per heavy atom. The van der Waals surface area contributed by atoms with Crippen LogP contribution in [0.3, 0.4) is 0 Å². The van der Waals surface area contributed by atoms with Crippen LogP contribution in [-0.4, -0.2) is 5.11 Å². The summed E-state index contributed by atoms with van der Waals surface area (Å²) in [5.74, 6) is 0.380. The van der Waals surface area contributed by atoms with Gasteiger partial charge in [0.05, 0.1) is 0 Å². The van der Waals surface area contributed by atoms with Gasteiger partial charge in [0.15, 0.2) is 0 Å². The third-order valence-corrected chi connectivity index (χ3v) is 1.63. The van der Waals surface area contributed by atoms with Crippen LogP contribution < -0.4 is 0 Å². The van der Waals surface area contributed by atoms with Gasteiger partial charge in [-0.25, -0.2) is 0 Å². The van der Waals surface area contributed by atoms with Crippen LogP contribution in [0.25, 0.3) is 0 Å². The van der Waals surface area contributed by atoms with Crippen molar-refractivity contribution >= 4 is 0 Å². The van der Waals surface area contributed by atoms with Crippen LogP contribution in [0.15, 0.2) is 35.1 Å². The van der Waals surface area contributed by atoms with E-state index in [1.165, 1.54) is 11.1 Å². The molecule has 0 unspecified atom stereocenters. The van der Waals surface area contributed by atoms with Gasteiger partial charge in [0.1, 0.15) is 5.76 Å². The maximum Gasteiger partial charge on any atom is 0.111 e. The fraction of sp³-hybridized carbons (Fsp3) is 0.333. The molecule has 1 aliphatic rings. The predicted molar refractivity (Wildman–Crippen MR) is 42.8 cm³/mol. The average Bonchev–Trinajstić information content (AvgIpc) is 1.88. The number of aliphatic hydroxyl groups is 1. The number of hydrogen-bond acceptors (Lipinski definition) is 1. The summed E-state index contributed by atoms with van der Waals surface area (Å²) in [6, 6.07) is 0. The van der Waals surface area contributed by atoms with Crippen molar-refractivity contribution in [3.8, 4) is 0 Å². The minimum atomic E-state index is 0.380. The third-order valence-electron chi connectivity index (χ3n) is 1.63. The van der Waals surface area contributed by atoms with Crippen molar-refractivity contribution in [2.75, 3.05) is 0 Å². The highest BCUT2D eigenvalue weighted by Gasteiger charge is 1.99. The van der Waals surface area contributed by atoms with Gasteiger partial charge in [0.2, 0.25) is 0 Å². The molecule has 0 spiro atoms. The molecule has 0 bridgehead atoms. The van der Waals surface area contributed by atoms with Gasteiger partial charge in [-0.15, -0.1) is 0 Å². The Bertz CT molecular complexity index is 215. The molecule has 0 fully saturated rings. The van der Waals surface area contributed by atoms with Crippen molar-refractivity contribution in [2.45, 2.75) is 20.3 Å². The molecule has 10 heavy (non-hydrogen) atoms. The Hall–Kier alpha value is -0.980. The largest absolute Gasteiger partial charge is 0.508 e. The summed E-state index contributed by atoms with van der Waals surface area (Å²) in [4.78, 5) is 0. The van der Waals surface area contributed by atoms with Crippen molar-refractivity contribution in [1.29, 1.82) is 0 Å². The molecule has 0 saturated carbocycles. The topological polar surface area (TPSA) is 20.2 Å². The van der Waals surface area contributed by atoms with Gasteiger partial charge in [0, 0.05) is 0 Å². The smallest absolute Gasteiger partial charge is 0.111 e. The normalized spacial score (nSPS) is 17.0. The summed E-state index contributed by atoms with van der Waals surface area (Å²) in [6.07, 6.45) is 6.38. The molecular formula is C9H12O. The van der Waals surface area contributed by atoms with E-state index in [-0.39, 0.29) is 0 Å². The van der Waals surface area contributed by atoms with Crippen molar-refractivity contribution in [2.24, 2.45) is 0 Å². The van der Waals surface area contributed by atoms with Gasteiger partial charge in [-0.1, -0.05) is 11.6 Å². The van der Waals surface area contributed by atoms with E-state index < -0.39 is 0 Å². The van der Waals surface area contributed by atoms with Crippen molar-refractivity contribution in [1.82, 2.24) is 0 Å². The second-order valence-electron chi connectivity index (χ2n) is 2.69. The second kappa shape index (κ2) is 2.74. The first-order valence-corrected chi connectivity index (χ1v) is 3.43. The monoisotopic (exact) mass is 136 g/mol. The molecule has 1 rings (SSSR count). The highest BCUT2D eigenvalue weighted by Crippen LogP contribution is 2.16. The molecule has 0 heterocycles. The van der Waals surface area contributed by atoms with Crippen LogP contribution in [0.4, 0.5) is 0 Å². The molecule has 1 nitrogen and oxygen atoms in total. The summed E-state index contributed by atoms with van der Waals surface area (Å²) in [7, 11) is 0. The molecule has 1 aliphatic carbocycles. The third kappa shape index (κ3) is 1.50. The zero-order valence-electron chi connectivity index (χ0n) is 6.39. The molecule has 0 atom stereocenters. The Kier molecular flexibility index (Phi) is 1.95. The summed E-state index contributed by atoms with van der Waals surface area (Å²) >= 11 is 0. The standard InChI is InChI=1S/C9H12O/c1-7(2)8-3-5-9(10)6-4-8/h3,5-6,10H,4H2,1-2H3. The van der Waals surface area contributed by atoms with Gasteiger partial charge in [-0.05, 0) is 38.0 Å². The minimum Gasteiger partial charge on any atom is -0.508 e. The lowest BCUT2D eigenvalue weighted by Gasteiger charge is -2.05. The van der Waals surface area contributed by atoms with Crippen LogP contribution in [0.2, 0.25) is 0 Å². The summed E-state index contributed by atoms with van der Waals surface area (Å²) in [5.41, 5.74) is 2.62. The first-order valence-electron chi connectivity index (χ1n) is 3.43. The Morgan fingerprint density at radius 3 is 2.50 bits per heavy atom. The highest BCUT2D eigenvalue weighted by atomic mass is 16.3. The number of rotatable bonds is 0. The van der Waals surface area contributed by atoms with Crippen LogP contribution in [-0.2, 0) is 0 Å². The summed E-state index contributed by atoms with van der Waals surface area (Å²) in [6.45, 7) is 4.16. The second-order valence-corrected chi connectivity index (χ2v) is 2.69. The van der Waals surface area contributed by atoms with Gasteiger partial charge in [-0.3, -0.25) is 0 Å². The number of aliphatic hydroxyl groups excluding tert-OH is 1. The molecule has 54 valence electrons. The van der Waals surface area contributed by atoms with Crippen LogP contribution in [0, 0.1) is 0 Å². The molecule has 0 aromatic rings. The van der Waals surface area contributed by atoms with E-state index >= 15 is 0 Å². The van der Waals surface area contributed by atoms with Gasteiger partial charge >= 0.3 is 0 Å². The van der Waals surface area contributed by atoms with Gasteiger partial charge in [0.25, 0.3) is 0 Å². The zero-order valence-corrected chi connectivity index (χ0v) is 6.39. The number of hydrogen-bond donors (Lipinski definition) is 1. The van der Waals surface area contributed by atoms with E-state index in [0.717, 1.165) is 6.42 Å². The van der Waals surface area contributed by atoms with Gasteiger partial charge in [-0.2, -0.15) is 0 Å². The Balaban J connectivity index is 2.79. The fourth-order valence-corrected chi connectivity index (χ4v) is 0.907. The predicted octanol–water partition coefficient (Wildman–Crippen LogP) is 2.72. The molecule has 0 saturated heterocycles. The van der Waals surface area contributed by atoms with Crippen LogP contribution in [0.5, 0.6) is 0 Å². The molecule has 0 aromatic heterocycles. The van der Waals surface area contributed by atoms with E-state index in [2.05, 4.69) is 13.8 Å². The molecule has 0 aliphatic heterocycles. The maximum absolute atomic E-state index is 8.96. The van der Waals surface area contributed by atoms with E-state index in [1.807, 2.05) is 12.2 Å². The average molecular weight is 136 g/mol. The molecule has 0 aromatic carbocycles. The Labute approximate surface area is 61.4 Å². The summed E-state index contributed by atoms with van der Waals surface area (Å²) < 4.78 is 0. The van der Waals surface area contributed by atoms with Crippen molar-refractivity contribution in [3.63, 3.8) is 0 Å². The molecule has 1 heteroatoms. The van der Waals surface area contributed by atoms with Crippen molar-refractivity contribution in [3.05, 3.63) is 35.1 Å². The lowest BCUT2D eigenvalue weighted by Crippen LogP contribution is -1.88. The van der Waals surface area contributed by atoms with E-state index in [4.69, 9.17) is 5.11 Å². The van der Waals surface area contributed by atoms with Crippen LogP contribution >= 0.6 is 0 Å². The van der Waals surface area contributed by atoms with Gasteiger partial charge < -0.3 is 5.11 Å². The molecule has 0 amide bonds. The quantitative estimate of drug-likeness (QED) is 0.543. The van der Waals surface area contributed by atoms with E-state index in [9.17, 15) is 0 Å². The van der Waals surface area contributed by atoms with E-state index in [0.29, 0.717) is 5.76 Å². The lowest BCUT2D eigenvalue weighted by atomic mass is 10.0.